The van der Waals surface area contributed by atoms with E-state index in [0.717, 1.165) is 30.9 Å². The molecule has 0 aliphatic carbocycles. The zero-order valence-electron chi connectivity index (χ0n) is 19.2. The van der Waals surface area contributed by atoms with Gasteiger partial charge in [-0.05, 0) is 46.9 Å². The molecule has 2 saturated heterocycles. The lowest BCUT2D eigenvalue weighted by molar-refractivity contribution is -0.135. The Balaban J connectivity index is 1.30. The van der Waals surface area contributed by atoms with Crippen molar-refractivity contribution in [2.45, 2.75) is 31.5 Å². The highest BCUT2D eigenvalue weighted by atomic mass is 16.5. The molecule has 3 aromatic carbocycles. The molecule has 2 fully saturated rings. The highest BCUT2D eigenvalue weighted by molar-refractivity contribution is 6.07. The summed E-state index contributed by atoms with van der Waals surface area (Å²) in [4.78, 5) is 32.0. The zero-order chi connectivity index (χ0) is 23.0. The van der Waals surface area contributed by atoms with Gasteiger partial charge in [0.2, 0.25) is 0 Å². The summed E-state index contributed by atoms with van der Waals surface area (Å²) in [6.07, 6.45) is 1.29. The third kappa shape index (κ3) is 3.74. The summed E-state index contributed by atoms with van der Waals surface area (Å²) < 4.78 is 5.29. The number of hydrogen-bond acceptors (Lipinski definition) is 4. The number of likely N-dealkylation sites (tertiary alicyclic amines) is 1. The quantitative estimate of drug-likeness (QED) is 0.553. The van der Waals surface area contributed by atoms with Gasteiger partial charge in [0, 0.05) is 26.7 Å². The fraction of sp³-hybridized carbons (Fsp3) is 0.333. The molecule has 0 atom stereocenters. The van der Waals surface area contributed by atoms with Gasteiger partial charge in [-0.15, -0.1) is 0 Å². The van der Waals surface area contributed by atoms with Gasteiger partial charge in [0.15, 0.2) is 0 Å². The Morgan fingerprint density at radius 1 is 0.909 bits per heavy atom. The van der Waals surface area contributed by atoms with Crippen LogP contribution in [0.15, 0.2) is 66.7 Å². The number of likely N-dealkylation sites (N-methyl/N-ethyl adjacent to an activating group) is 1. The van der Waals surface area contributed by atoms with Crippen LogP contribution in [0.5, 0.6) is 5.75 Å². The van der Waals surface area contributed by atoms with E-state index in [1.165, 1.54) is 21.2 Å². The maximum Gasteiger partial charge on any atom is 0.327 e. The number of methoxy groups -OCH3 is 1. The SMILES string of the molecule is COc1cccc(CN2C(=O)N(C)C3(CCN(Cc4cccc5ccccc45)CC3)C2=O)c1. The molecule has 2 aliphatic heterocycles. The molecule has 6 heteroatoms. The van der Waals surface area contributed by atoms with Gasteiger partial charge in [0.25, 0.3) is 5.91 Å². The Morgan fingerprint density at radius 3 is 2.42 bits per heavy atom. The maximum atomic E-state index is 13.5. The van der Waals surface area contributed by atoms with E-state index >= 15 is 0 Å². The summed E-state index contributed by atoms with van der Waals surface area (Å²) in [6, 6.07) is 22.2. The van der Waals surface area contributed by atoms with Crippen molar-refractivity contribution < 1.29 is 14.3 Å². The van der Waals surface area contributed by atoms with Crippen LogP contribution in [0, 0.1) is 0 Å². The van der Waals surface area contributed by atoms with E-state index in [0.29, 0.717) is 12.8 Å². The van der Waals surface area contributed by atoms with Crippen molar-refractivity contribution in [3.63, 3.8) is 0 Å². The minimum absolute atomic E-state index is 0.0809. The van der Waals surface area contributed by atoms with E-state index < -0.39 is 5.54 Å². The zero-order valence-corrected chi connectivity index (χ0v) is 19.2. The van der Waals surface area contributed by atoms with Crippen LogP contribution < -0.4 is 4.74 Å². The predicted octanol–water partition coefficient (Wildman–Crippen LogP) is 4.28. The van der Waals surface area contributed by atoms with Crippen LogP contribution in [0.4, 0.5) is 4.79 Å². The average molecular weight is 444 g/mol. The molecule has 2 aliphatic rings. The molecule has 0 radical (unpaired) electrons. The fourth-order valence-corrected chi connectivity index (χ4v) is 5.24. The summed E-state index contributed by atoms with van der Waals surface area (Å²) in [5.41, 5.74) is 1.44. The summed E-state index contributed by atoms with van der Waals surface area (Å²) >= 11 is 0. The monoisotopic (exact) mass is 443 g/mol. The molecule has 0 aromatic heterocycles. The minimum atomic E-state index is -0.745. The molecule has 3 amide bonds. The number of hydrogen-bond donors (Lipinski definition) is 0. The lowest BCUT2D eigenvalue weighted by Gasteiger charge is -2.41. The molecule has 0 N–H and O–H groups in total. The number of nitrogens with zero attached hydrogens (tertiary/aromatic N) is 3. The van der Waals surface area contributed by atoms with Gasteiger partial charge in [-0.3, -0.25) is 14.6 Å². The third-order valence-electron chi connectivity index (χ3n) is 7.24. The largest absolute Gasteiger partial charge is 0.497 e. The molecular weight excluding hydrogens is 414 g/mol. The van der Waals surface area contributed by atoms with Crippen LogP contribution in [0.2, 0.25) is 0 Å². The first-order chi connectivity index (χ1) is 16.0. The highest BCUT2D eigenvalue weighted by Gasteiger charge is 2.56. The predicted molar refractivity (Wildman–Crippen MR) is 128 cm³/mol. The molecule has 0 bridgehead atoms. The summed E-state index contributed by atoms with van der Waals surface area (Å²) in [5.74, 6) is 0.638. The number of rotatable bonds is 5. The van der Waals surface area contributed by atoms with Gasteiger partial charge in [0.05, 0.1) is 13.7 Å². The molecule has 33 heavy (non-hydrogen) atoms. The molecular formula is C27H29N3O3. The first kappa shape index (κ1) is 21.5. The summed E-state index contributed by atoms with van der Waals surface area (Å²) in [6.45, 7) is 2.66. The topological polar surface area (TPSA) is 53.1 Å². The van der Waals surface area contributed by atoms with E-state index in [9.17, 15) is 9.59 Å². The normalized spacial score (nSPS) is 18.5. The van der Waals surface area contributed by atoms with Crippen molar-refractivity contribution in [3.8, 4) is 5.75 Å². The van der Waals surface area contributed by atoms with Crippen molar-refractivity contribution in [2.75, 3.05) is 27.2 Å². The van der Waals surface area contributed by atoms with E-state index in [1.54, 1.807) is 19.1 Å². The number of imide groups is 1. The van der Waals surface area contributed by atoms with Gasteiger partial charge < -0.3 is 9.64 Å². The number of urea groups is 1. The highest BCUT2D eigenvalue weighted by Crippen LogP contribution is 2.37. The second-order valence-electron chi connectivity index (χ2n) is 9.03. The average Bonchev–Trinajstić information content (AvgIpc) is 3.02. The molecule has 2 heterocycles. The number of ether oxygens (including phenoxy) is 1. The number of fused-ring (bicyclic) bond motifs is 1. The van der Waals surface area contributed by atoms with Crippen molar-refractivity contribution in [1.82, 2.24) is 14.7 Å². The van der Waals surface area contributed by atoms with E-state index in [2.05, 4.69) is 47.4 Å². The summed E-state index contributed by atoms with van der Waals surface area (Å²) in [5, 5.41) is 2.52. The number of amides is 3. The van der Waals surface area contributed by atoms with Gasteiger partial charge >= 0.3 is 6.03 Å². The van der Waals surface area contributed by atoms with E-state index in [1.807, 2.05) is 24.3 Å². The molecule has 3 aromatic rings. The molecule has 0 unspecified atom stereocenters. The lowest BCUT2D eigenvalue weighted by atomic mass is 9.86. The van der Waals surface area contributed by atoms with E-state index in [-0.39, 0.29) is 18.5 Å². The van der Waals surface area contributed by atoms with Crippen molar-refractivity contribution in [2.24, 2.45) is 0 Å². The molecule has 170 valence electrons. The van der Waals surface area contributed by atoms with E-state index in [4.69, 9.17) is 4.74 Å². The Hall–Kier alpha value is -3.38. The molecule has 0 saturated carbocycles. The van der Waals surface area contributed by atoms with Crippen LogP contribution in [0.3, 0.4) is 0 Å². The third-order valence-corrected chi connectivity index (χ3v) is 7.24. The van der Waals surface area contributed by atoms with Crippen molar-refractivity contribution in [3.05, 3.63) is 77.9 Å². The van der Waals surface area contributed by atoms with Gasteiger partial charge in [0.1, 0.15) is 11.3 Å². The van der Waals surface area contributed by atoms with Crippen molar-refractivity contribution in [1.29, 1.82) is 0 Å². The molecule has 6 nitrogen and oxygen atoms in total. The number of carbonyl (C=O) groups excluding carboxylic acids is 2. The van der Waals surface area contributed by atoms with Gasteiger partial charge in [-0.2, -0.15) is 0 Å². The minimum Gasteiger partial charge on any atom is -0.497 e. The Kier molecular flexibility index (Phi) is 5.54. The second-order valence-corrected chi connectivity index (χ2v) is 9.03. The Morgan fingerprint density at radius 2 is 1.64 bits per heavy atom. The number of carbonyl (C=O) groups is 2. The van der Waals surface area contributed by atoms with Gasteiger partial charge in [-0.1, -0.05) is 54.6 Å². The first-order valence-electron chi connectivity index (χ1n) is 11.4. The maximum absolute atomic E-state index is 13.5. The number of piperidine rings is 1. The van der Waals surface area contributed by atoms with Crippen LogP contribution >= 0.6 is 0 Å². The van der Waals surface area contributed by atoms with Crippen LogP contribution in [0.1, 0.15) is 24.0 Å². The number of benzene rings is 3. The molecule has 5 rings (SSSR count). The van der Waals surface area contributed by atoms with Crippen LogP contribution in [0.25, 0.3) is 10.8 Å². The van der Waals surface area contributed by atoms with Crippen LogP contribution in [-0.4, -0.2) is 59.4 Å². The Labute approximate surface area is 194 Å². The van der Waals surface area contributed by atoms with Gasteiger partial charge in [-0.25, -0.2) is 4.79 Å². The Bertz CT molecular complexity index is 1190. The smallest absolute Gasteiger partial charge is 0.327 e. The second kappa shape index (κ2) is 8.52. The molecule has 1 spiro atoms. The standard InChI is InChI=1S/C27H29N3O3/c1-28-26(32)30(18-20-7-5-11-23(17-20)33-2)25(31)27(28)13-15-29(16-14-27)19-22-10-6-9-21-8-3-4-12-24(21)22/h3-12,17H,13-16,18-19H2,1-2H3. The summed E-state index contributed by atoms with van der Waals surface area (Å²) in [7, 11) is 3.38. The van der Waals surface area contributed by atoms with Crippen LogP contribution in [-0.2, 0) is 17.9 Å². The first-order valence-corrected chi connectivity index (χ1v) is 11.4. The lowest BCUT2D eigenvalue weighted by Crippen LogP contribution is -2.55. The fourth-order valence-electron chi connectivity index (χ4n) is 5.24. The van der Waals surface area contributed by atoms with Crippen molar-refractivity contribution >= 4 is 22.7 Å².